The number of carboxylic acids is 1. The second-order valence-electron chi connectivity index (χ2n) is 6.07. The van der Waals surface area contributed by atoms with Crippen LogP contribution in [0.4, 0.5) is 0 Å². The van der Waals surface area contributed by atoms with E-state index in [-0.39, 0.29) is 0 Å². The minimum Gasteiger partial charge on any atom is -0.481 e. The van der Waals surface area contributed by atoms with Crippen LogP contribution < -0.4 is 5.32 Å². The minimum absolute atomic E-state index is 0.646. The van der Waals surface area contributed by atoms with Gasteiger partial charge in [-0.3, -0.25) is 4.79 Å². The number of benzene rings is 1. The zero-order chi connectivity index (χ0) is 13.9. The van der Waals surface area contributed by atoms with E-state index in [2.05, 4.69) is 23.5 Å². The Hall–Kier alpha value is -1.35. The van der Waals surface area contributed by atoms with E-state index in [4.69, 9.17) is 5.11 Å². The molecule has 104 valence electrons. The van der Waals surface area contributed by atoms with Crippen LogP contribution in [0, 0.1) is 5.41 Å². The molecule has 1 aliphatic rings. The number of rotatable bonds is 6. The van der Waals surface area contributed by atoms with E-state index in [1.165, 1.54) is 36.0 Å². The van der Waals surface area contributed by atoms with Crippen LogP contribution >= 0.6 is 0 Å². The van der Waals surface area contributed by atoms with E-state index in [1.54, 1.807) is 13.8 Å². The first-order valence-electron chi connectivity index (χ1n) is 7.04. The zero-order valence-electron chi connectivity index (χ0n) is 11.8. The lowest BCUT2D eigenvalue weighted by molar-refractivity contribution is -0.147. The predicted molar refractivity (Wildman–Crippen MR) is 76.2 cm³/mol. The maximum atomic E-state index is 11.0. The number of nitrogens with one attached hydrogen (secondary N) is 1. The highest BCUT2D eigenvalue weighted by molar-refractivity contribution is 5.73. The van der Waals surface area contributed by atoms with Crippen LogP contribution in [0.25, 0.3) is 0 Å². The summed E-state index contributed by atoms with van der Waals surface area (Å²) < 4.78 is 0. The highest BCUT2D eigenvalue weighted by Crippen LogP contribution is 2.23. The molecule has 1 aromatic carbocycles. The van der Waals surface area contributed by atoms with Gasteiger partial charge in [-0.2, -0.15) is 0 Å². The van der Waals surface area contributed by atoms with Crippen LogP contribution in [0.5, 0.6) is 0 Å². The molecule has 2 N–H and O–H groups in total. The van der Waals surface area contributed by atoms with Gasteiger partial charge in [-0.25, -0.2) is 0 Å². The lowest BCUT2D eigenvalue weighted by Crippen LogP contribution is -2.28. The molecule has 0 radical (unpaired) electrons. The van der Waals surface area contributed by atoms with Gasteiger partial charge in [0.05, 0.1) is 5.41 Å². The van der Waals surface area contributed by atoms with E-state index >= 15 is 0 Å². The fourth-order valence-corrected chi connectivity index (χ4v) is 2.48. The van der Waals surface area contributed by atoms with Crippen LogP contribution in [0.3, 0.4) is 0 Å². The van der Waals surface area contributed by atoms with Crippen molar-refractivity contribution in [1.29, 1.82) is 0 Å². The third-order valence-electron chi connectivity index (χ3n) is 4.00. The van der Waals surface area contributed by atoms with Gasteiger partial charge in [0, 0.05) is 6.54 Å². The van der Waals surface area contributed by atoms with E-state index in [1.807, 2.05) is 0 Å². The summed E-state index contributed by atoms with van der Waals surface area (Å²) in [6.45, 7) is 5.10. The van der Waals surface area contributed by atoms with E-state index in [9.17, 15) is 4.79 Å². The normalized spacial score (nSPS) is 14.4. The van der Waals surface area contributed by atoms with Gasteiger partial charge in [0.15, 0.2) is 0 Å². The SMILES string of the molecule is CC(C)(CCNCc1ccc2c(c1)CCC2)C(=O)O. The van der Waals surface area contributed by atoms with Crippen LogP contribution in [0.15, 0.2) is 18.2 Å². The Morgan fingerprint density at radius 1 is 1.32 bits per heavy atom. The molecular formula is C16H23NO2. The molecule has 0 aliphatic heterocycles. The van der Waals surface area contributed by atoms with Gasteiger partial charge < -0.3 is 10.4 Å². The number of fused-ring (bicyclic) bond motifs is 1. The topological polar surface area (TPSA) is 49.3 Å². The third-order valence-corrected chi connectivity index (χ3v) is 4.00. The second kappa shape index (κ2) is 5.74. The van der Waals surface area contributed by atoms with Crippen molar-refractivity contribution >= 4 is 5.97 Å². The number of hydrogen-bond acceptors (Lipinski definition) is 2. The van der Waals surface area contributed by atoms with Gasteiger partial charge in [-0.1, -0.05) is 18.2 Å². The Morgan fingerprint density at radius 2 is 2.05 bits per heavy atom. The molecule has 0 saturated carbocycles. The van der Waals surface area contributed by atoms with Crippen molar-refractivity contribution in [2.45, 2.75) is 46.1 Å². The molecule has 19 heavy (non-hydrogen) atoms. The van der Waals surface area contributed by atoms with Crippen molar-refractivity contribution in [2.75, 3.05) is 6.54 Å². The Bertz CT molecular complexity index is 466. The second-order valence-corrected chi connectivity index (χ2v) is 6.07. The Labute approximate surface area is 115 Å². The molecule has 1 aromatic rings. The van der Waals surface area contributed by atoms with E-state index in [0.29, 0.717) is 6.42 Å². The number of carboxylic acid groups (broad SMARTS) is 1. The molecular weight excluding hydrogens is 238 g/mol. The first kappa shape index (κ1) is 14.1. The quantitative estimate of drug-likeness (QED) is 0.774. The number of aliphatic carboxylic acids is 1. The van der Waals surface area contributed by atoms with E-state index < -0.39 is 11.4 Å². The largest absolute Gasteiger partial charge is 0.481 e. The zero-order valence-corrected chi connectivity index (χ0v) is 11.8. The third kappa shape index (κ3) is 3.57. The summed E-state index contributed by atoms with van der Waals surface area (Å²) in [5, 5.41) is 12.4. The predicted octanol–water partition coefficient (Wildman–Crippen LogP) is 2.77. The molecule has 0 heterocycles. The van der Waals surface area contributed by atoms with Gasteiger partial charge in [-0.05, 0) is 62.8 Å². The van der Waals surface area contributed by atoms with Gasteiger partial charge in [0.1, 0.15) is 0 Å². The first-order valence-corrected chi connectivity index (χ1v) is 7.04. The molecule has 2 rings (SSSR count). The lowest BCUT2D eigenvalue weighted by atomic mass is 9.90. The average molecular weight is 261 g/mol. The summed E-state index contributed by atoms with van der Waals surface area (Å²) in [6.07, 6.45) is 4.34. The average Bonchev–Trinajstić information content (AvgIpc) is 2.81. The standard InChI is InChI=1S/C16H23NO2/c1-16(2,15(18)19)8-9-17-11-12-6-7-13-4-3-5-14(13)10-12/h6-7,10,17H,3-5,8-9,11H2,1-2H3,(H,18,19). The van der Waals surface area contributed by atoms with E-state index in [0.717, 1.165) is 13.1 Å². The van der Waals surface area contributed by atoms with Crippen molar-refractivity contribution < 1.29 is 9.90 Å². The molecule has 0 spiro atoms. The Kier molecular flexibility index (Phi) is 4.25. The molecule has 3 nitrogen and oxygen atoms in total. The Morgan fingerprint density at radius 3 is 2.79 bits per heavy atom. The highest BCUT2D eigenvalue weighted by atomic mass is 16.4. The summed E-state index contributed by atoms with van der Waals surface area (Å²) in [5.74, 6) is -0.730. The molecule has 0 amide bonds. The fourth-order valence-electron chi connectivity index (χ4n) is 2.48. The van der Waals surface area contributed by atoms with Crippen LogP contribution in [0.1, 0.15) is 43.4 Å². The van der Waals surface area contributed by atoms with Crippen LogP contribution in [0.2, 0.25) is 0 Å². The van der Waals surface area contributed by atoms with Crippen molar-refractivity contribution in [3.8, 4) is 0 Å². The summed E-state index contributed by atoms with van der Waals surface area (Å²) in [7, 11) is 0. The lowest BCUT2D eigenvalue weighted by Gasteiger charge is -2.19. The molecule has 0 fully saturated rings. The van der Waals surface area contributed by atoms with Crippen molar-refractivity contribution in [3.63, 3.8) is 0 Å². The van der Waals surface area contributed by atoms with Crippen molar-refractivity contribution in [2.24, 2.45) is 5.41 Å². The molecule has 0 bridgehead atoms. The summed E-state index contributed by atoms with van der Waals surface area (Å²) >= 11 is 0. The molecule has 0 aromatic heterocycles. The van der Waals surface area contributed by atoms with Crippen molar-refractivity contribution in [1.82, 2.24) is 5.32 Å². The molecule has 0 saturated heterocycles. The number of aryl methyl sites for hydroxylation is 2. The van der Waals surface area contributed by atoms with Gasteiger partial charge in [-0.15, -0.1) is 0 Å². The van der Waals surface area contributed by atoms with Gasteiger partial charge in [0.25, 0.3) is 0 Å². The van der Waals surface area contributed by atoms with Crippen LogP contribution in [-0.4, -0.2) is 17.6 Å². The fraction of sp³-hybridized carbons (Fsp3) is 0.562. The summed E-state index contributed by atoms with van der Waals surface area (Å²) in [5.41, 5.74) is 3.64. The van der Waals surface area contributed by atoms with Crippen LogP contribution in [-0.2, 0) is 24.2 Å². The molecule has 3 heteroatoms. The van der Waals surface area contributed by atoms with Gasteiger partial charge in [0.2, 0.25) is 0 Å². The smallest absolute Gasteiger partial charge is 0.309 e. The Balaban J connectivity index is 1.79. The number of hydrogen-bond donors (Lipinski definition) is 2. The first-order chi connectivity index (χ1) is 8.99. The molecule has 0 atom stereocenters. The maximum absolute atomic E-state index is 11.0. The van der Waals surface area contributed by atoms with Gasteiger partial charge >= 0.3 is 5.97 Å². The number of carbonyl (C=O) groups is 1. The highest BCUT2D eigenvalue weighted by Gasteiger charge is 2.26. The minimum atomic E-state index is -0.730. The molecule has 1 aliphatic carbocycles. The molecule has 0 unspecified atom stereocenters. The maximum Gasteiger partial charge on any atom is 0.309 e. The summed E-state index contributed by atoms with van der Waals surface area (Å²) in [4.78, 5) is 11.0. The summed E-state index contributed by atoms with van der Waals surface area (Å²) in [6, 6.07) is 6.71. The monoisotopic (exact) mass is 261 g/mol. The van der Waals surface area contributed by atoms with Crippen molar-refractivity contribution in [3.05, 3.63) is 34.9 Å².